The van der Waals surface area contributed by atoms with Crippen molar-refractivity contribution in [1.82, 2.24) is 9.62 Å². The lowest BCUT2D eigenvalue weighted by molar-refractivity contribution is -0.110. The summed E-state index contributed by atoms with van der Waals surface area (Å²) < 4.78 is 3.02. The number of hydrogen-bond acceptors (Lipinski definition) is 4. The van der Waals surface area contributed by atoms with Gasteiger partial charge >= 0.3 is 0 Å². The first kappa shape index (κ1) is 17.0. The number of nitrogens with one attached hydrogen (secondary N) is 1. The third kappa shape index (κ3) is 3.99. The summed E-state index contributed by atoms with van der Waals surface area (Å²) in [4.78, 5) is 17.6. The van der Waals surface area contributed by atoms with Crippen LogP contribution >= 0.6 is 35.1 Å². The van der Waals surface area contributed by atoms with Crippen molar-refractivity contribution >= 4 is 58.4 Å². The Morgan fingerprint density at radius 1 is 1.12 bits per heavy atom. The van der Waals surface area contributed by atoms with Gasteiger partial charge in [0.25, 0.3) is 0 Å². The number of aldehydes is 1. The topological polar surface area (TPSA) is 44.7 Å². The fourth-order valence-electron chi connectivity index (χ4n) is 2.07. The van der Waals surface area contributed by atoms with Crippen LogP contribution in [-0.2, 0) is 4.79 Å². The molecule has 3 rings (SSSR count). The van der Waals surface area contributed by atoms with Crippen molar-refractivity contribution in [3.63, 3.8) is 0 Å². The summed E-state index contributed by atoms with van der Waals surface area (Å²) in [6.45, 7) is 0. The smallest absolute Gasteiger partial charge is 0.185 e. The molecule has 0 saturated carbocycles. The minimum atomic E-state index is -0.475. The monoisotopic (exact) mass is 377 g/mol. The molecule has 1 heterocycles. The molecule has 0 aliphatic carbocycles. The van der Waals surface area contributed by atoms with Crippen molar-refractivity contribution in [2.75, 3.05) is 0 Å². The van der Waals surface area contributed by atoms with Crippen LogP contribution < -0.4 is 4.72 Å². The molecule has 1 saturated heterocycles. The van der Waals surface area contributed by atoms with Gasteiger partial charge in [-0.2, -0.15) is 0 Å². The van der Waals surface area contributed by atoms with Gasteiger partial charge in [-0.15, -0.1) is 0 Å². The van der Waals surface area contributed by atoms with Crippen LogP contribution in [0.2, 0.25) is 10.0 Å². The average Bonchev–Trinajstić information content (AvgIpc) is 2.99. The number of halogens is 2. The Kier molecular flexibility index (Phi) is 5.58. The zero-order valence-corrected chi connectivity index (χ0v) is 14.7. The molecule has 1 unspecified atom stereocenters. The van der Waals surface area contributed by atoms with E-state index in [-0.39, 0.29) is 0 Å². The maximum absolute atomic E-state index is 11.3. The minimum Gasteiger partial charge on any atom is -0.303 e. The van der Waals surface area contributed by atoms with Gasteiger partial charge in [0, 0.05) is 6.20 Å². The number of aliphatic imine (C=N–C) groups is 1. The molecule has 1 aliphatic heterocycles. The largest absolute Gasteiger partial charge is 0.303 e. The van der Waals surface area contributed by atoms with Gasteiger partial charge in [-0.3, -0.25) is 4.79 Å². The molecule has 0 spiro atoms. The molecule has 0 aromatic heterocycles. The summed E-state index contributed by atoms with van der Waals surface area (Å²) in [6, 6.07) is 15.0. The molecule has 2 aromatic rings. The number of benzene rings is 2. The molecule has 4 nitrogen and oxygen atoms in total. The van der Waals surface area contributed by atoms with E-state index in [0.717, 1.165) is 11.8 Å². The van der Waals surface area contributed by atoms with Gasteiger partial charge in [0.15, 0.2) is 17.6 Å². The maximum Gasteiger partial charge on any atom is 0.185 e. The van der Waals surface area contributed by atoms with E-state index in [1.54, 1.807) is 23.1 Å². The summed E-state index contributed by atoms with van der Waals surface area (Å²) in [5.74, 6) is 0. The highest BCUT2D eigenvalue weighted by Crippen LogP contribution is 2.29. The summed E-state index contributed by atoms with van der Waals surface area (Å²) in [5.41, 5.74) is 1.70. The molecule has 1 aliphatic rings. The summed E-state index contributed by atoms with van der Waals surface area (Å²) >= 11 is 13.2. The Balaban J connectivity index is 1.88. The van der Waals surface area contributed by atoms with Crippen molar-refractivity contribution in [3.8, 4) is 0 Å². The summed E-state index contributed by atoms with van der Waals surface area (Å²) in [5, 5.41) is 1.56. The third-order valence-electron chi connectivity index (χ3n) is 3.28. The normalized spacial score (nSPS) is 19.3. The molecule has 122 valence electrons. The molecular formula is C17H13Cl2N3OS. The quantitative estimate of drug-likeness (QED) is 0.617. The van der Waals surface area contributed by atoms with Crippen molar-refractivity contribution in [2.45, 2.75) is 6.17 Å². The van der Waals surface area contributed by atoms with Crippen molar-refractivity contribution in [3.05, 3.63) is 70.3 Å². The van der Waals surface area contributed by atoms with E-state index in [1.807, 2.05) is 42.6 Å². The van der Waals surface area contributed by atoms with Gasteiger partial charge in [-0.25, -0.2) is 9.71 Å². The zero-order chi connectivity index (χ0) is 16.9. The van der Waals surface area contributed by atoms with Gasteiger partial charge in [0.2, 0.25) is 0 Å². The first-order valence-corrected chi connectivity index (χ1v) is 8.67. The molecule has 1 N–H and O–H groups in total. The summed E-state index contributed by atoms with van der Waals surface area (Å²) in [7, 11) is 0. The molecule has 0 amide bonds. The fraction of sp³-hybridized carbons (Fsp3) is 0.0588. The van der Waals surface area contributed by atoms with Gasteiger partial charge < -0.3 is 4.90 Å². The van der Waals surface area contributed by atoms with E-state index in [9.17, 15) is 4.79 Å². The van der Waals surface area contributed by atoms with Crippen LogP contribution in [0.25, 0.3) is 6.08 Å². The first-order chi connectivity index (χ1) is 11.7. The van der Waals surface area contributed by atoms with Crippen molar-refractivity contribution in [2.24, 2.45) is 4.99 Å². The zero-order valence-electron chi connectivity index (χ0n) is 12.4. The highest BCUT2D eigenvalue weighted by molar-refractivity contribution is 8.12. The van der Waals surface area contributed by atoms with E-state index in [4.69, 9.17) is 23.2 Å². The molecule has 7 heteroatoms. The second-order valence-electron chi connectivity index (χ2n) is 4.93. The molecule has 1 fully saturated rings. The lowest BCUT2D eigenvalue weighted by Crippen LogP contribution is -2.34. The third-order valence-corrected chi connectivity index (χ3v) is 4.86. The molecule has 1 atom stereocenters. The number of hydrogen-bond donors (Lipinski definition) is 1. The van der Waals surface area contributed by atoms with Gasteiger partial charge in [-0.05, 0) is 41.8 Å². The number of rotatable bonds is 4. The molecule has 24 heavy (non-hydrogen) atoms. The predicted molar refractivity (Wildman–Crippen MR) is 101 cm³/mol. The highest BCUT2D eigenvalue weighted by Gasteiger charge is 2.28. The molecule has 2 aromatic carbocycles. The second kappa shape index (κ2) is 7.85. The number of carbonyl (C=O) groups is 1. The minimum absolute atomic E-state index is 0.438. The average molecular weight is 378 g/mol. The Morgan fingerprint density at radius 3 is 2.62 bits per heavy atom. The van der Waals surface area contributed by atoms with E-state index >= 15 is 0 Å². The van der Waals surface area contributed by atoms with Crippen LogP contribution in [0, 0.1) is 0 Å². The molecule has 0 radical (unpaired) electrons. The number of carbonyl (C=O) groups excluding carboxylic acids is 1. The van der Waals surface area contributed by atoms with Crippen LogP contribution in [0.1, 0.15) is 5.56 Å². The van der Waals surface area contributed by atoms with Gasteiger partial charge in [-0.1, -0.05) is 53.5 Å². The van der Waals surface area contributed by atoms with Gasteiger partial charge in [0.05, 0.1) is 15.7 Å². The summed E-state index contributed by atoms with van der Waals surface area (Å²) in [6.07, 6.45) is 4.11. The SMILES string of the molecule is O=CC1NSC(=Nc2ccc(Cl)c(Cl)c2)N1C=Cc1ccccc1. The Morgan fingerprint density at radius 2 is 1.92 bits per heavy atom. The van der Waals surface area contributed by atoms with Crippen LogP contribution in [0.3, 0.4) is 0 Å². The fourth-order valence-corrected chi connectivity index (χ4v) is 3.19. The Hall–Kier alpha value is -1.79. The highest BCUT2D eigenvalue weighted by atomic mass is 35.5. The molecular weight excluding hydrogens is 365 g/mol. The molecule has 0 bridgehead atoms. The number of nitrogens with zero attached hydrogens (tertiary/aromatic N) is 2. The number of amidine groups is 1. The van der Waals surface area contributed by atoms with Crippen LogP contribution in [-0.4, -0.2) is 22.5 Å². The predicted octanol–water partition coefficient (Wildman–Crippen LogP) is 4.73. The Labute approximate surface area is 154 Å². The lowest BCUT2D eigenvalue weighted by Gasteiger charge is -2.16. The first-order valence-electron chi connectivity index (χ1n) is 7.10. The maximum atomic E-state index is 11.3. The van der Waals surface area contributed by atoms with E-state index in [0.29, 0.717) is 20.9 Å². The van der Waals surface area contributed by atoms with Crippen molar-refractivity contribution < 1.29 is 4.79 Å². The van der Waals surface area contributed by atoms with Gasteiger partial charge in [0.1, 0.15) is 0 Å². The van der Waals surface area contributed by atoms with Crippen LogP contribution in [0.4, 0.5) is 5.69 Å². The Bertz CT molecular complexity index is 796. The van der Waals surface area contributed by atoms with Crippen LogP contribution in [0.5, 0.6) is 0 Å². The van der Waals surface area contributed by atoms with E-state index in [1.165, 1.54) is 11.9 Å². The van der Waals surface area contributed by atoms with E-state index in [2.05, 4.69) is 9.71 Å². The lowest BCUT2D eigenvalue weighted by atomic mass is 10.2. The van der Waals surface area contributed by atoms with Crippen molar-refractivity contribution in [1.29, 1.82) is 0 Å². The van der Waals surface area contributed by atoms with Crippen LogP contribution in [0.15, 0.2) is 59.7 Å². The standard InChI is InChI=1S/C17H13Cl2N3OS/c18-14-7-6-13(10-15(14)19)20-17-22(16(11-23)21-24-17)9-8-12-4-2-1-3-5-12/h1-11,16,21H. The second-order valence-corrected chi connectivity index (χ2v) is 6.55. The van der Waals surface area contributed by atoms with E-state index < -0.39 is 6.17 Å².